The number of aliphatic hydroxyl groups is 1. The largest absolute Gasteiger partial charge is 0.418 e. The van der Waals surface area contributed by atoms with Crippen LogP contribution >= 0.6 is 0 Å². The summed E-state index contributed by atoms with van der Waals surface area (Å²) in [5.74, 6) is 0. The standard InChI is InChI=1S/C11H10F3NO/c1-15-6-8(10(16)11(12,13)14)7-4-2-3-5-9(7)15/h2-6,10,16H,1H3. The molecule has 0 spiro atoms. The van der Waals surface area contributed by atoms with E-state index in [4.69, 9.17) is 0 Å². The zero-order valence-corrected chi connectivity index (χ0v) is 8.49. The predicted molar refractivity (Wildman–Crippen MR) is 53.9 cm³/mol. The van der Waals surface area contributed by atoms with Gasteiger partial charge in [0.25, 0.3) is 0 Å². The normalized spacial score (nSPS) is 14.3. The van der Waals surface area contributed by atoms with Crippen LogP contribution < -0.4 is 0 Å². The highest BCUT2D eigenvalue weighted by Gasteiger charge is 2.40. The van der Waals surface area contributed by atoms with Crippen LogP contribution in [0.3, 0.4) is 0 Å². The summed E-state index contributed by atoms with van der Waals surface area (Å²) in [4.78, 5) is 0. The third-order valence-electron chi connectivity index (χ3n) is 2.53. The third kappa shape index (κ3) is 1.67. The fourth-order valence-corrected chi connectivity index (χ4v) is 1.77. The lowest BCUT2D eigenvalue weighted by Crippen LogP contribution is -2.19. The van der Waals surface area contributed by atoms with E-state index in [-0.39, 0.29) is 5.56 Å². The molecular formula is C11H10F3NO. The second kappa shape index (κ2) is 3.52. The van der Waals surface area contributed by atoms with Gasteiger partial charge >= 0.3 is 6.18 Å². The Morgan fingerprint density at radius 2 is 1.88 bits per heavy atom. The molecule has 0 bridgehead atoms. The molecule has 0 amide bonds. The van der Waals surface area contributed by atoms with Gasteiger partial charge in [0, 0.05) is 29.7 Å². The molecule has 1 atom stereocenters. The molecule has 1 unspecified atom stereocenters. The van der Waals surface area contributed by atoms with E-state index < -0.39 is 12.3 Å². The molecule has 2 rings (SSSR count). The van der Waals surface area contributed by atoms with Crippen LogP contribution in [-0.4, -0.2) is 15.8 Å². The Morgan fingerprint density at radius 1 is 1.25 bits per heavy atom. The van der Waals surface area contributed by atoms with E-state index in [9.17, 15) is 18.3 Å². The smallest absolute Gasteiger partial charge is 0.379 e. The minimum atomic E-state index is -4.63. The van der Waals surface area contributed by atoms with Gasteiger partial charge in [0.15, 0.2) is 6.10 Å². The summed E-state index contributed by atoms with van der Waals surface area (Å²) >= 11 is 0. The van der Waals surface area contributed by atoms with Gasteiger partial charge in [-0.25, -0.2) is 0 Å². The number of nitrogens with zero attached hydrogens (tertiary/aromatic N) is 1. The Hall–Kier alpha value is -1.49. The zero-order chi connectivity index (χ0) is 11.9. The zero-order valence-electron chi connectivity index (χ0n) is 8.49. The summed E-state index contributed by atoms with van der Waals surface area (Å²) < 4.78 is 38.8. The molecule has 16 heavy (non-hydrogen) atoms. The number of benzene rings is 1. The van der Waals surface area contributed by atoms with Crippen molar-refractivity contribution in [1.82, 2.24) is 4.57 Å². The number of aromatic nitrogens is 1. The first-order valence-electron chi connectivity index (χ1n) is 4.70. The summed E-state index contributed by atoms with van der Waals surface area (Å²) in [7, 11) is 1.65. The molecule has 1 N–H and O–H groups in total. The van der Waals surface area contributed by atoms with Crippen molar-refractivity contribution in [3.8, 4) is 0 Å². The maximum absolute atomic E-state index is 12.4. The van der Waals surface area contributed by atoms with Crippen LogP contribution in [-0.2, 0) is 7.05 Å². The molecule has 86 valence electrons. The first-order chi connectivity index (χ1) is 7.41. The number of hydrogen-bond donors (Lipinski definition) is 1. The van der Waals surface area contributed by atoms with Crippen molar-refractivity contribution in [2.24, 2.45) is 7.05 Å². The number of aryl methyl sites for hydroxylation is 1. The molecule has 5 heteroatoms. The highest BCUT2D eigenvalue weighted by atomic mass is 19.4. The lowest BCUT2D eigenvalue weighted by Gasteiger charge is -2.13. The number of alkyl halides is 3. The fraction of sp³-hybridized carbons (Fsp3) is 0.273. The van der Waals surface area contributed by atoms with E-state index in [1.165, 1.54) is 6.20 Å². The van der Waals surface area contributed by atoms with Gasteiger partial charge in [-0.05, 0) is 6.07 Å². The van der Waals surface area contributed by atoms with Gasteiger partial charge in [-0.3, -0.25) is 0 Å². The monoisotopic (exact) mass is 229 g/mol. The van der Waals surface area contributed by atoms with Crippen molar-refractivity contribution in [3.63, 3.8) is 0 Å². The third-order valence-corrected chi connectivity index (χ3v) is 2.53. The second-order valence-electron chi connectivity index (χ2n) is 3.66. The summed E-state index contributed by atoms with van der Waals surface area (Å²) in [5, 5.41) is 9.66. The molecule has 2 nitrogen and oxygen atoms in total. The molecular weight excluding hydrogens is 219 g/mol. The minimum absolute atomic E-state index is 0.106. The van der Waals surface area contributed by atoms with E-state index >= 15 is 0 Å². The van der Waals surface area contributed by atoms with Crippen molar-refractivity contribution in [3.05, 3.63) is 36.0 Å². The van der Waals surface area contributed by atoms with E-state index in [2.05, 4.69) is 0 Å². The van der Waals surface area contributed by atoms with Crippen LogP contribution in [0, 0.1) is 0 Å². The van der Waals surface area contributed by atoms with Gasteiger partial charge in [0.05, 0.1) is 0 Å². The molecule has 0 saturated heterocycles. The summed E-state index contributed by atoms with van der Waals surface area (Å²) in [6, 6.07) is 6.67. The van der Waals surface area contributed by atoms with E-state index in [0.717, 1.165) is 0 Å². The average Bonchev–Trinajstić information content (AvgIpc) is 2.55. The van der Waals surface area contributed by atoms with Crippen molar-refractivity contribution >= 4 is 10.9 Å². The molecule has 1 aromatic carbocycles. The molecule has 2 aromatic rings. The summed E-state index contributed by atoms with van der Waals surface area (Å²) in [6.45, 7) is 0. The SMILES string of the molecule is Cn1cc(C(O)C(F)(F)F)c2ccccc21. The van der Waals surface area contributed by atoms with Gasteiger partial charge in [0.1, 0.15) is 0 Å². The molecule has 0 fully saturated rings. The molecule has 0 radical (unpaired) electrons. The number of fused-ring (bicyclic) bond motifs is 1. The Bertz CT molecular complexity index is 515. The Morgan fingerprint density at radius 3 is 2.50 bits per heavy atom. The van der Waals surface area contributed by atoms with Gasteiger partial charge in [-0.15, -0.1) is 0 Å². The lowest BCUT2D eigenvalue weighted by atomic mass is 10.1. The van der Waals surface area contributed by atoms with E-state index in [1.807, 2.05) is 0 Å². The highest BCUT2D eigenvalue weighted by molar-refractivity contribution is 5.84. The molecule has 1 aromatic heterocycles. The minimum Gasteiger partial charge on any atom is -0.379 e. The first-order valence-corrected chi connectivity index (χ1v) is 4.70. The van der Waals surface area contributed by atoms with Crippen molar-refractivity contribution in [2.75, 3.05) is 0 Å². The van der Waals surface area contributed by atoms with Crippen molar-refractivity contribution < 1.29 is 18.3 Å². The van der Waals surface area contributed by atoms with E-state index in [0.29, 0.717) is 10.9 Å². The van der Waals surface area contributed by atoms with Gasteiger partial charge in [-0.1, -0.05) is 18.2 Å². The van der Waals surface area contributed by atoms with Crippen LogP contribution in [0.2, 0.25) is 0 Å². The number of hydrogen-bond acceptors (Lipinski definition) is 1. The van der Waals surface area contributed by atoms with Gasteiger partial charge in [0.2, 0.25) is 0 Å². The molecule has 0 aliphatic heterocycles. The number of aliphatic hydroxyl groups excluding tert-OH is 1. The number of para-hydroxylation sites is 1. The fourth-order valence-electron chi connectivity index (χ4n) is 1.77. The van der Waals surface area contributed by atoms with Gasteiger partial charge < -0.3 is 9.67 Å². The topological polar surface area (TPSA) is 25.2 Å². The van der Waals surface area contributed by atoms with Crippen molar-refractivity contribution in [2.45, 2.75) is 12.3 Å². The van der Waals surface area contributed by atoms with E-state index in [1.54, 1.807) is 35.9 Å². The maximum Gasteiger partial charge on any atom is 0.418 e. The Balaban J connectivity index is 2.62. The second-order valence-corrected chi connectivity index (χ2v) is 3.66. The van der Waals surface area contributed by atoms with Crippen LogP contribution in [0.1, 0.15) is 11.7 Å². The first kappa shape index (κ1) is 11.0. The molecule has 1 heterocycles. The van der Waals surface area contributed by atoms with Gasteiger partial charge in [-0.2, -0.15) is 13.2 Å². The van der Waals surface area contributed by atoms with Crippen LogP contribution in [0.15, 0.2) is 30.5 Å². The molecule has 0 aliphatic carbocycles. The molecule has 0 saturated carbocycles. The Kier molecular flexibility index (Phi) is 2.42. The van der Waals surface area contributed by atoms with Crippen LogP contribution in [0.25, 0.3) is 10.9 Å². The van der Waals surface area contributed by atoms with Crippen molar-refractivity contribution in [1.29, 1.82) is 0 Å². The predicted octanol–water partition coefficient (Wildman–Crippen LogP) is 2.77. The summed E-state index contributed by atoms with van der Waals surface area (Å²) in [5.41, 5.74) is 0.561. The van der Waals surface area contributed by atoms with Crippen LogP contribution in [0.4, 0.5) is 13.2 Å². The highest BCUT2D eigenvalue weighted by Crippen LogP contribution is 2.36. The van der Waals surface area contributed by atoms with Crippen LogP contribution in [0.5, 0.6) is 0 Å². The number of halogens is 3. The molecule has 0 aliphatic rings. The lowest BCUT2D eigenvalue weighted by molar-refractivity contribution is -0.206. The summed E-state index contributed by atoms with van der Waals surface area (Å²) in [6.07, 6.45) is -5.76. The maximum atomic E-state index is 12.4. The Labute approximate surface area is 89.9 Å². The quantitative estimate of drug-likeness (QED) is 0.799. The average molecular weight is 229 g/mol. The number of rotatable bonds is 1.